The first-order chi connectivity index (χ1) is 8.10. The van der Waals surface area contributed by atoms with Crippen molar-refractivity contribution in [3.8, 4) is 0 Å². The van der Waals surface area contributed by atoms with Crippen LogP contribution in [0.25, 0.3) is 0 Å². The molecule has 1 aliphatic rings. The maximum atomic E-state index is 5.31. The highest BCUT2D eigenvalue weighted by molar-refractivity contribution is 5.32. The van der Waals surface area contributed by atoms with Gasteiger partial charge in [0.1, 0.15) is 0 Å². The number of ether oxygens (including phenoxy) is 1. The van der Waals surface area contributed by atoms with Gasteiger partial charge in [0.05, 0.1) is 6.10 Å². The lowest BCUT2D eigenvalue weighted by atomic mass is 9.88. The van der Waals surface area contributed by atoms with Gasteiger partial charge in [-0.25, -0.2) is 0 Å². The summed E-state index contributed by atoms with van der Waals surface area (Å²) in [6.07, 6.45) is 2.76. The second-order valence-electron chi connectivity index (χ2n) is 5.27. The molecule has 94 valence electrons. The van der Waals surface area contributed by atoms with Crippen molar-refractivity contribution in [3.05, 3.63) is 34.9 Å². The molecule has 1 atom stereocenters. The molecule has 0 radical (unpaired) electrons. The molecule has 0 aliphatic heterocycles. The zero-order chi connectivity index (χ0) is 12.4. The van der Waals surface area contributed by atoms with E-state index >= 15 is 0 Å². The molecule has 1 unspecified atom stereocenters. The van der Waals surface area contributed by atoms with Gasteiger partial charge in [-0.05, 0) is 44.7 Å². The standard InChI is InChI=1S/C15H23NO/c1-10-5-6-11(2)15(7-10)12(3)16-13-8-14(9-13)17-4/h5-7,12-14,16H,8-9H2,1-4H3. The van der Waals surface area contributed by atoms with Crippen molar-refractivity contribution >= 4 is 0 Å². The van der Waals surface area contributed by atoms with E-state index in [9.17, 15) is 0 Å². The van der Waals surface area contributed by atoms with Gasteiger partial charge in [-0.1, -0.05) is 23.8 Å². The van der Waals surface area contributed by atoms with Gasteiger partial charge in [0.25, 0.3) is 0 Å². The molecule has 1 aliphatic carbocycles. The van der Waals surface area contributed by atoms with Crippen LogP contribution >= 0.6 is 0 Å². The highest BCUT2D eigenvalue weighted by Gasteiger charge is 2.29. The Kier molecular flexibility index (Phi) is 3.85. The van der Waals surface area contributed by atoms with Crippen LogP contribution in [-0.2, 0) is 4.74 Å². The molecule has 0 heterocycles. The Bertz CT molecular complexity index is 383. The Balaban J connectivity index is 1.95. The van der Waals surface area contributed by atoms with E-state index in [1.807, 2.05) is 0 Å². The van der Waals surface area contributed by atoms with Crippen LogP contribution in [0.3, 0.4) is 0 Å². The van der Waals surface area contributed by atoms with E-state index < -0.39 is 0 Å². The van der Waals surface area contributed by atoms with Gasteiger partial charge in [0, 0.05) is 19.2 Å². The fraction of sp³-hybridized carbons (Fsp3) is 0.600. The lowest BCUT2D eigenvalue weighted by molar-refractivity contribution is 0.0147. The average Bonchev–Trinajstić information content (AvgIpc) is 2.25. The first-order valence-electron chi connectivity index (χ1n) is 6.46. The van der Waals surface area contributed by atoms with Crippen LogP contribution in [0.5, 0.6) is 0 Å². The minimum absolute atomic E-state index is 0.428. The van der Waals surface area contributed by atoms with Crippen molar-refractivity contribution in [2.24, 2.45) is 0 Å². The monoisotopic (exact) mass is 233 g/mol. The third kappa shape index (κ3) is 2.88. The van der Waals surface area contributed by atoms with Crippen LogP contribution in [-0.4, -0.2) is 19.3 Å². The van der Waals surface area contributed by atoms with Gasteiger partial charge >= 0.3 is 0 Å². The number of methoxy groups -OCH3 is 1. The second kappa shape index (κ2) is 5.19. The molecule has 0 spiro atoms. The van der Waals surface area contributed by atoms with Crippen molar-refractivity contribution in [1.29, 1.82) is 0 Å². The van der Waals surface area contributed by atoms with Crippen molar-refractivity contribution in [2.75, 3.05) is 7.11 Å². The minimum atomic E-state index is 0.428. The van der Waals surface area contributed by atoms with Crippen molar-refractivity contribution in [1.82, 2.24) is 5.32 Å². The topological polar surface area (TPSA) is 21.3 Å². The SMILES string of the molecule is COC1CC(NC(C)c2cc(C)ccc2C)C1. The summed E-state index contributed by atoms with van der Waals surface area (Å²) in [7, 11) is 1.80. The van der Waals surface area contributed by atoms with E-state index in [4.69, 9.17) is 4.74 Å². The van der Waals surface area contributed by atoms with E-state index in [0.717, 1.165) is 12.8 Å². The average molecular weight is 233 g/mol. The third-order valence-corrected chi connectivity index (χ3v) is 3.82. The summed E-state index contributed by atoms with van der Waals surface area (Å²) in [4.78, 5) is 0. The van der Waals surface area contributed by atoms with E-state index in [-0.39, 0.29) is 0 Å². The smallest absolute Gasteiger partial charge is 0.0601 e. The normalized spacial score (nSPS) is 25.4. The summed E-state index contributed by atoms with van der Waals surface area (Å²) in [5, 5.41) is 3.68. The Morgan fingerprint density at radius 3 is 2.65 bits per heavy atom. The van der Waals surface area contributed by atoms with E-state index in [1.54, 1.807) is 7.11 Å². The van der Waals surface area contributed by atoms with Gasteiger partial charge in [-0.2, -0.15) is 0 Å². The fourth-order valence-electron chi connectivity index (χ4n) is 2.56. The molecule has 0 aromatic heterocycles. The molecular formula is C15H23NO. The van der Waals surface area contributed by atoms with Crippen LogP contribution in [0.4, 0.5) is 0 Å². The first kappa shape index (κ1) is 12.6. The number of benzene rings is 1. The molecule has 1 N–H and O–H groups in total. The van der Waals surface area contributed by atoms with Crippen LogP contribution in [0.2, 0.25) is 0 Å². The lowest BCUT2D eigenvalue weighted by Crippen LogP contribution is -2.45. The first-order valence-corrected chi connectivity index (χ1v) is 6.46. The predicted molar refractivity (Wildman–Crippen MR) is 71.3 cm³/mol. The Hall–Kier alpha value is -0.860. The number of aryl methyl sites for hydroxylation is 2. The quantitative estimate of drug-likeness (QED) is 0.862. The zero-order valence-corrected chi connectivity index (χ0v) is 11.3. The largest absolute Gasteiger partial charge is 0.381 e. The molecule has 0 bridgehead atoms. The zero-order valence-electron chi connectivity index (χ0n) is 11.3. The number of rotatable bonds is 4. The maximum absolute atomic E-state index is 5.31. The molecule has 1 aromatic rings. The fourth-order valence-corrected chi connectivity index (χ4v) is 2.56. The summed E-state index contributed by atoms with van der Waals surface area (Å²) in [6, 6.07) is 7.73. The van der Waals surface area contributed by atoms with Crippen molar-refractivity contribution in [3.63, 3.8) is 0 Å². The molecule has 0 saturated heterocycles. The van der Waals surface area contributed by atoms with Crippen LogP contribution in [0.15, 0.2) is 18.2 Å². The van der Waals surface area contributed by atoms with Crippen LogP contribution in [0.1, 0.15) is 42.5 Å². The molecule has 2 nitrogen and oxygen atoms in total. The summed E-state index contributed by atoms with van der Waals surface area (Å²) in [6.45, 7) is 6.59. The lowest BCUT2D eigenvalue weighted by Gasteiger charge is -2.37. The second-order valence-corrected chi connectivity index (χ2v) is 5.27. The van der Waals surface area contributed by atoms with Gasteiger partial charge in [-0.15, -0.1) is 0 Å². The van der Waals surface area contributed by atoms with Crippen molar-refractivity contribution in [2.45, 2.75) is 51.8 Å². The van der Waals surface area contributed by atoms with Gasteiger partial charge in [0.15, 0.2) is 0 Å². The van der Waals surface area contributed by atoms with E-state index in [0.29, 0.717) is 18.2 Å². The summed E-state index contributed by atoms with van der Waals surface area (Å²) >= 11 is 0. The van der Waals surface area contributed by atoms with Crippen molar-refractivity contribution < 1.29 is 4.74 Å². The molecule has 2 heteroatoms. The molecule has 17 heavy (non-hydrogen) atoms. The number of hydrogen-bond donors (Lipinski definition) is 1. The van der Waals surface area contributed by atoms with Gasteiger partial charge in [0.2, 0.25) is 0 Å². The summed E-state index contributed by atoms with van der Waals surface area (Å²) < 4.78 is 5.31. The highest BCUT2D eigenvalue weighted by atomic mass is 16.5. The molecular weight excluding hydrogens is 210 g/mol. The number of hydrogen-bond acceptors (Lipinski definition) is 2. The molecule has 1 fully saturated rings. The number of nitrogens with one attached hydrogen (secondary N) is 1. The minimum Gasteiger partial charge on any atom is -0.381 e. The molecule has 1 saturated carbocycles. The highest BCUT2D eigenvalue weighted by Crippen LogP contribution is 2.27. The summed E-state index contributed by atoms with van der Waals surface area (Å²) in [5.74, 6) is 0. The van der Waals surface area contributed by atoms with Gasteiger partial charge < -0.3 is 10.1 Å². The molecule has 0 amide bonds. The van der Waals surface area contributed by atoms with E-state index in [1.165, 1.54) is 16.7 Å². The Morgan fingerprint density at radius 2 is 2.00 bits per heavy atom. The van der Waals surface area contributed by atoms with Gasteiger partial charge in [-0.3, -0.25) is 0 Å². The molecule has 2 rings (SSSR count). The predicted octanol–water partition coefficient (Wildman–Crippen LogP) is 3.13. The van der Waals surface area contributed by atoms with E-state index in [2.05, 4.69) is 44.3 Å². The Morgan fingerprint density at radius 1 is 1.29 bits per heavy atom. The molecule has 1 aromatic carbocycles. The van der Waals surface area contributed by atoms with Crippen LogP contribution in [0, 0.1) is 13.8 Å². The summed E-state index contributed by atoms with van der Waals surface area (Å²) in [5.41, 5.74) is 4.13. The third-order valence-electron chi connectivity index (χ3n) is 3.82. The maximum Gasteiger partial charge on any atom is 0.0601 e. The van der Waals surface area contributed by atoms with Crippen LogP contribution < -0.4 is 5.32 Å². The Labute approximate surface area is 104 Å².